The Labute approximate surface area is 201 Å². The Bertz CT molecular complexity index is 1360. The zero-order chi connectivity index (χ0) is 23.8. The second-order valence-corrected chi connectivity index (χ2v) is 11.1. The Hall–Kier alpha value is -2.40. The van der Waals surface area contributed by atoms with E-state index in [1.165, 1.54) is 11.4 Å². The number of hydrogen-bond donors (Lipinski definition) is 0. The zero-order valence-corrected chi connectivity index (χ0v) is 20.7. The molecular weight excluding hydrogens is 486 g/mol. The molecule has 0 spiro atoms. The monoisotopic (exact) mass is 509 g/mol. The minimum absolute atomic E-state index is 0.0915. The lowest BCUT2D eigenvalue weighted by Crippen LogP contribution is -2.50. The van der Waals surface area contributed by atoms with Gasteiger partial charge in [0.2, 0.25) is 10.0 Å². The molecule has 0 N–H and O–H groups in total. The molecule has 33 heavy (non-hydrogen) atoms. The van der Waals surface area contributed by atoms with Crippen LogP contribution in [-0.2, 0) is 16.6 Å². The number of fused-ring (bicyclic) bond motifs is 1. The molecule has 1 amide bonds. The van der Waals surface area contributed by atoms with E-state index in [9.17, 15) is 18.0 Å². The van der Waals surface area contributed by atoms with Gasteiger partial charge >= 0.3 is 4.87 Å². The largest absolute Gasteiger partial charge is 0.496 e. The van der Waals surface area contributed by atoms with E-state index in [-0.39, 0.29) is 41.9 Å². The van der Waals surface area contributed by atoms with Gasteiger partial charge < -0.3 is 9.64 Å². The van der Waals surface area contributed by atoms with Crippen molar-refractivity contribution in [3.8, 4) is 5.75 Å². The SMILES string of the molecule is CCCn1c(=O)sc2cc(S(=O)(=O)N3CCN(C(=O)c4ccc(Cl)cc4OC)CC3)ccc21. The molecular formula is C22H24ClN3O5S2. The molecule has 1 aromatic heterocycles. The Morgan fingerprint density at radius 2 is 1.85 bits per heavy atom. The predicted molar refractivity (Wildman–Crippen MR) is 129 cm³/mol. The fourth-order valence-corrected chi connectivity index (χ4v) is 6.58. The molecule has 1 saturated heterocycles. The normalized spacial score (nSPS) is 15.2. The highest BCUT2D eigenvalue weighted by atomic mass is 35.5. The summed E-state index contributed by atoms with van der Waals surface area (Å²) < 4.78 is 35.5. The van der Waals surface area contributed by atoms with E-state index < -0.39 is 10.0 Å². The number of methoxy groups -OCH3 is 1. The molecule has 0 atom stereocenters. The third kappa shape index (κ3) is 4.52. The first-order chi connectivity index (χ1) is 15.8. The number of carbonyl (C=O) groups is 1. The lowest BCUT2D eigenvalue weighted by Gasteiger charge is -2.34. The van der Waals surface area contributed by atoms with Gasteiger partial charge in [-0.3, -0.25) is 14.2 Å². The molecule has 176 valence electrons. The average molecular weight is 510 g/mol. The van der Waals surface area contributed by atoms with Gasteiger partial charge in [-0.2, -0.15) is 4.31 Å². The number of piperazine rings is 1. The van der Waals surface area contributed by atoms with E-state index in [1.807, 2.05) is 6.92 Å². The van der Waals surface area contributed by atoms with Crippen LogP contribution < -0.4 is 9.61 Å². The van der Waals surface area contributed by atoms with Crippen molar-refractivity contribution in [3.63, 3.8) is 0 Å². The van der Waals surface area contributed by atoms with Crippen LogP contribution >= 0.6 is 22.9 Å². The standard InChI is InChI=1S/C22H24ClN3O5S2/c1-3-8-26-18-7-5-16(14-20(18)32-22(26)28)33(29,30)25-11-9-24(10-12-25)21(27)17-6-4-15(23)13-19(17)31-2/h4-7,13-14H,3,8-12H2,1-2H3. The van der Waals surface area contributed by atoms with Gasteiger partial charge in [-0.1, -0.05) is 29.9 Å². The number of sulfonamides is 1. The van der Waals surface area contributed by atoms with Crippen molar-refractivity contribution in [2.24, 2.45) is 0 Å². The maximum atomic E-state index is 13.2. The van der Waals surface area contributed by atoms with Crippen molar-refractivity contribution in [2.45, 2.75) is 24.8 Å². The van der Waals surface area contributed by atoms with E-state index in [1.54, 1.807) is 45.9 Å². The molecule has 2 heterocycles. The van der Waals surface area contributed by atoms with E-state index in [2.05, 4.69) is 0 Å². The van der Waals surface area contributed by atoms with Gasteiger partial charge in [0.25, 0.3) is 5.91 Å². The number of rotatable bonds is 6. The smallest absolute Gasteiger partial charge is 0.308 e. The highest BCUT2D eigenvalue weighted by Gasteiger charge is 2.31. The number of ether oxygens (including phenoxy) is 1. The topological polar surface area (TPSA) is 88.9 Å². The third-order valence-corrected chi connectivity index (χ3v) is 8.72. The van der Waals surface area contributed by atoms with Crippen LogP contribution in [-0.4, -0.2) is 61.4 Å². The molecule has 0 bridgehead atoms. The Balaban J connectivity index is 1.51. The number of aromatic nitrogens is 1. The van der Waals surface area contributed by atoms with Gasteiger partial charge in [-0.15, -0.1) is 0 Å². The maximum absolute atomic E-state index is 13.2. The summed E-state index contributed by atoms with van der Waals surface area (Å²) in [5, 5.41) is 0.464. The lowest BCUT2D eigenvalue weighted by atomic mass is 10.1. The molecule has 0 radical (unpaired) electrons. The summed E-state index contributed by atoms with van der Waals surface area (Å²) in [5.74, 6) is 0.147. The van der Waals surface area contributed by atoms with Gasteiger partial charge in [-0.05, 0) is 42.8 Å². The molecule has 2 aromatic carbocycles. The molecule has 11 heteroatoms. The number of halogens is 1. The first kappa shape index (κ1) is 23.7. The fourth-order valence-electron chi connectivity index (χ4n) is 3.94. The van der Waals surface area contributed by atoms with Crippen molar-refractivity contribution in [1.82, 2.24) is 13.8 Å². The summed E-state index contributed by atoms with van der Waals surface area (Å²) in [7, 11) is -2.28. The molecule has 0 saturated carbocycles. The number of benzene rings is 2. The van der Waals surface area contributed by atoms with Crippen molar-refractivity contribution in [1.29, 1.82) is 0 Å². The second kappa shape index (κ2) is 9.46. The first-order valence-electron chi connectivity index (χ1n) is 10.5. The second-order valence-electron chi connectivity index (χ2n) is 7.69. The molecule has 8 nitrogen and oxygen atoms in total. The summed E-state index contributed by atoms with van der Waals surface area (Å²) in [6, 6.07) is 9.62. The van der Waals surface area contributed by atoms with Crippen LogP contribution in [0.15, 0.2) is 46.1 Å². The van der Waals surface area contributed by atoms with Crippen molar-refractivity contribution >= 4 is 49.1 Å². The highest BCUT2D eigenvalue weighted by molar-refractivity contribution is 7.89. The van der Waals surface area contributed by atoms with Crippen LogP contribution in [0.3, 0.4) is 0 Å². The Morgan fingerprint density at radius 1 is 1.12 bits per heavy atom. The first-order valence-corrected chi connectivity index (χ1v) is 13.2. The lowest BCUT2D eigenvalue weighted by molar-refractivity contribution is 0.0694. The van der Waals surface area contributed by atoms with Gasteiger partial charge in [-0.25, -0.2) is 8.42 Å². The number of hydrogen-bond acceptors (Lipinski definition) is 6. The molecule has 1 aliphatic heterocycles. The minimum atomic E-state index is -3.75. The minimum Gasteiger partial charge on any atom is -0.496 e. The molecule has 4 rings (SSSR count). The number of amides is 1. The number of carbonyl (C=O) groups excluding carboxylic acids is 1. The van der Waals surface area contributed by atoms with E-state index >= 15 is 0 Å². The van der Waals surface area contributed by atoms with Crippen LogP contribution in [0.5, 0.6) is 5.75 Å². The highest BCUT2D eigenvalue weighted by Crippen LogP contribution is 2.27. The maximum Gasteiger partial charge on any atom is 0.308 e. The molecule has 1 aliphatic rings. The summed E-state index contributed by atoms with van der Waals surface area (Å²) in [5.41, 5.74) is 1.13. The average Bonchev–Trinajstić information content (AvgIpc) is 3.13. The van der Waals surface area contributed by atoms with Gasteiger partial charge in [0.05, 0.1) is 27.8 Å². The van der Waals surface area contributed by atoms with Gasteiger partial charge in [0.15, 0.2) is 0 Å². The van der Waals surface area contributed by atoms with Crippen molar-refractivity contribution < 1.29 is 17.9 Å². The van der Waals surface area contributed by atoms with Crippen LogP contribution in [0.1, 0.15) is 23.7 Å². The molecule has 1 fully saturated rings. The van der Waals surface area contributed by atoms with Crippen LogP contribution in [0, 0.1) is 0 Å². The quantitative estimate of drug-likeness (QED) is 0.508. The van der Waals surface area contributed by atoms with E-state index in [0.717, 1.165) is 23.3 Å². The third-order valence-electron chi connectivity index (χ3n) is 5.64. The van der Waals surface area contributed by atoms with E-state index in [4.69, 9.17) is 16.3 Å². The van der Waals surface area contributed by atoms with Crippen molar-refractivity contribution in [2.75, 3.05) is 33.3 Å². The van der Waals surface area contributed by atoms with Gasteiger partial charge in [0.1, 0.15) is 5.75 Å². The van der Waals surface area contributed by atoms with Crippen LogP contribution in [0.2, 0.25) is 5.02 Å². The fraction of sp³-hybridized carbons (Fsp3) is 0.364. The summed E-state index contributed by atoms with van der Waals surface area (Å²) in [6.07, 6.45) is 0.816. The van der Waals surface area contributed by atoms with E-state index in [0.29, 0.717) is 27.6 Å². The number of nitrogens with zero attached hydrogens (tertiary/aromatic N) is 3. The molecule has 3 aromatic rings. The summed E-state index contributed by atoms with van der Waals surface area (Å²) in [6.45, 7) is 3.45. The van der Waals surface area contributed by atoms with Crippen LogP contribution in [0.25, 0.3) is 10.2 Å². The summed E-state index contributed by atoms with van der Waals surface area (Å²) in [4.78, 5) is 26.9. The summed E-state index contributed by atoms with van der Waals surface area (Å²) >= 11 is 7.03. The Kier molecular flexibility index (Phi) is 6.81. The van der Waals surface area contributed by atoms with Gasteiger partial charge in [0, 0.05) is 37.7 Å². The predicted octanol–water partition coefficient (Wildman–Crippen LogP) is 3.28. The zero-order valence-electron chi connectivity index (χ0n) is 18.3. The number of aryl methyl sites for hydroxylation is 1. The van der Waals surface area contributed by atoms with Crippen molar-refractivity contribution in [3.05, 3.63) is 56.7 Å². The molecule has 0 aliphatic carbocycles. The number of thiazole rings is 1. The molecule has 0 unspecified atom stereocenters. The van der Waals surface area contributed by atoms with Crippen LogP contribution in [0.4, 0.5) is 0 Å². The Morgan fingerprint density at radius 3 is 2.52 bits per heavy atom.